The molecule has 0 atom stereocenters. The summed E-state index contributed by atoms with van der Waals surface area (Å²) in [5.41, 5.74) is 6.42. The zero-order chi connectivity index (χ0) is 26.2. The quantitative estimate of drug-likeness (QED) is 0.221. The van der Waals surface area contributed by atoms with Gasteiger partial charge in [0.25, 0.3) is 0 Å². The first-order valence-electron chi connectivity index (χ1n) is 13.2. The van der Waals surface area contributed by atoms with Gasteiger partial charge in [-0.2, -0.15) is 5.10 Å². The number of amides is 1. The summed E-state index contributed by atoms with van der Waals surface area (Å²) < 4.78 is 0. The monoisotopic (exact) mass is 534 g/mol. The van der Waals surface area contributed by atoms with Gasteiger partial charge < -0.3 is 10.3 Å². The van der Waals surface area contributed by atoms with Crippen LogP contribution in [0.4, 0.5) is 5.69 Å². The zero-order valence-corrected chi connectivity index (χ0v) is 22.0. The highest BCUT2D eigenvalue weighted by molar-refractivity contribution is 7.13. The second-order valence-electron chi connectivity index (χ2n) is 10.1. The molecule has 1 aliphatic rings. The van der Waals surface area contributed by atoms with Crippen LogP contribution in [-0.4, -0.2) is 41.0 Å². The molecule has 6 heterocycles. The molecule has 194 valence electrons. The third kappa shape index (κ3) is 4.67. The van der Waals surface area contributed by atoms with Crippen molar-refractivity contribution >= 4 is 44.9 Å². The molecule has 3 N–H and O–H groups in total. The fourth-order valence-corrected chi connectivity index (χ4v) is 6.16. The van der Waals surface area contributed by atoms with Gasteiger partial charge in [-0.25, -0.2) is 4.98 Å². The van der Waals surface area contributed by atoms with E-state index in [0.717, 1.165) is 56.5 Å². The molecule has 10 heteroatoms. The van der Waals surface area contributed by atoms with E-state index in [4.69, 9.17) is 4.98 Å². The first-order valence-corrected chi connectivity index (χ1v) is 14.1. The number of aromatic nitrogens is 7. The first-order chi connectivity index (χ1) is 19.2. The van der Waals surface area contributed by atoms with Crippen LogP contribution in [0, 0.1) is 5.92 Å². The van der Waals surface area contributed by atoms with Crippen molar-refractivity contribution < 1.29 is 4.79 Å². The van der Waals surface area contributed by atoms with Crippen LogP contribution in [0.2, 0.25) is 0 Å². The number of carbonyl (C=O) groups excluding carboxylic acids is 1. The molecule has 0 bridgehead atoms. The Kier molecular flexibility index (Phi) is 6.08. The third-order valence-corrected chi connectivity index (χ3v) is 8.27. The van der Waals surface area contributed by atoms with Crippen molar-refractivity contribution in [1.29, 1.82) is 0 Å². The Morgan fingerprint density at radius 1 is 1.03 bits per heavy atom. The van der Waals surface area contributed by atoms with Crippen LogP contribution in [0.3, 0.4) is 0 Å². The third-order valence-electron chi connectivity index (χ3n) is 7.37. The summed E-state index contributed by atoms with van der Waals surface area (Å²) in [4.78, 5) is 35.5. The van der Waals surface area contributed by atoms with Crippen molar-refractivity contribution in [2.45, 2.75) is 38.5 Å². The second-order valence-corrected chi connectivity index (χ2v) is 11.0. The number of imidazole rings is 1. The van der Waals surface area contributed by atoms with E-state index < -0.39 is 0 Å². The fourth-order valence-electron chi connectivity index (χ4n) is 5.43. The number of nitrogens with zero attached hydrogens (tertiary/aromatic N) is 5. The minimum absolute atomic E-state index is 0.0441. The molecule has 1 amide bonds. The van der Waals surface area contributed by atoms with Crippen LogP contribution in [0.25, 0.3) is 55.2 Å². The molecule has 0 aromatic carbocycles. The first kappa shape index (κ1) is 23.7. The molecular formula is C29H26N8OS. The Morgan fingerprint density at radius 2 is 1.92 bits per heavy atom. The Labute approximate surface area is 228 Å². The van der Waals surface area contributed by atoms with Crippen molar-refractivity contribution in [2.24, 2.45) is 5.92 Å². The van der Waals surface area contributed by atoms with E-state index in [1.807, 2.05) is 29.8 Å². The van der Waals surface area contributed by atoms with Gasteiger partial charge in [-0.3, -0.25) is 24.8 Å². The van der Waals surface area contributed by atoms with E-state index in [0.29, 0.717) is 29.5 Å². The summed E-state index contributed by atoms with van der Waals surface area (Å²) in [6.07, 6.45) is 15.4. The van der Waals surface area contributed by atoms with E-state index >= 15 is 0 Å². The summed E-state index contributed by atoms with van der Waals surface area (Å²) in [6.45, 7) is 0. The predicted octanol–water partition coefficient (Wildman–Crippen LogP) is 6.60. The maximum absolute atomic E-state index is 12.7. The number of hydrogen-bond donors (Lipinski definition) is 3. The van der Waals surface area contributed by atoms with E-state index in [9.17, 15) is 4.79 Å². The van der Waals surface area contributed by atoms with Crippen molar-refractivity contribution in [3.8, 4) is 33.2 Å². The lowest BCUT2D eigenvalue weighted by Crippen LogP contribution is -2.18. The summed E-state index contributed by atoms with van der Waals surface area (Å²) in [6, 6.07) is 7.98. The molecule has 1 saturated carbocycles. The normalized spacial score (nSPS) is 14.3. The molecule has 6 aromatic rings. The van der Waals surface area contributed by atoms with Gasteiger partial charge in [0.05, 0.1) is 41.0 Å². The van der Waals surface area contributed by atoms with Gasteiger partial charge in [0.2, 0.25) is 5.91 Å². The molecule has 1 fully saturated rings. The summed E-state index contributed by atoms with van der Waals surface area (Å²) in [5.74, 6) is 1.18. The average Bonchev–Trinajstić information content (AvgIpc) is 3.73. The maximum Gasteiger partial charge on any atom is 0.224 e. The van der Waals surface area contributed by atoms with Gasteiger partial charge in [-0.15, -0.1) is 11.3 Å². The highest BCUT2D eigenvalue weighted by atomic mass is 32.1. The lowest BCUT2D eigenvalue weighted by atomic mass is 9.87. The van der Waals surface area contributed by atoms with Gasteiger partial charge in [0.15, 0.2) is 5.82 Å². The summed E-state index contributed by atoms with van der Waals surface area (Å²) in [5, 5.41) is 13.6. The van der Waals surface area contributed by atoms with Gasteiger partial charge in [-0.05, 0) is 42.3 Å². The van der Waals surface area contributed by atoms with Crippen molar-refractivity contribution in [2.75, 3.05) is 5.32 Å². The van der Waals surface area contributed by atoms with Crippen LogP contribution in [0.5, 0.6) is 0 Å². The van der Waals surface area contributed by atoms with Crippen LogP contribution in [0.15, 0.2) is 60.6 Å². The minimum Gasteiger partial charge on any atom is -0.335 e. The van der Waals surface area contributed by atoms with Gasteiger partial charge in [-0.1, -0.05) is 25.3 Å². The Morgan fingerprint density at radius 3 is 2.79 bits per heavy atom. The molecule has 0 unspecified atom stereocenters. The van der Waals surface area contributed by atoms with Gasteiger partial charge in [0.1, 0.15) is 11.2 Å². The number of aromatic amines is 2. The minimum atomic E-state index is 0.0441. The molecule has 0 saturated heterocycles. The average molecular weight is 535 g/mol. The van der Waals surface area contributed by atoms with Gasteiger partial charge in [0, 0.05) is 40.2 Å². The lowest BCUT2D eigenvalue weighted by Gasteiger charge is -2.20. The number of carbonyl (C=O) groups is 1. The highest BCUT2D eigenvalue weighted by Crippen LogP contribution is 2.34. The fraction of sp³-hybridized carbons (Fsp3) is 0.241. The topological polar surface area (TPSA) is 125 Å². The molecule has 1 aliphatic carbocycles. The second kappa shape index (κ2) is 10.0. The molecule has 6 aromatic heterocycles. The zero-order valence-electron chi connectivity index (χ0n) is 21.1. The van der Waals surface area contributed by atoms with Crippen LogP contribution < -0.4 is 5.32 Å². The molecule has 0 spiro atoms. The molecular weight excluding hydrogens is 508 g/mol. The highest BCUT2D eigenvalue weighted by Gasteiger charge is 2.19. The standard InChI is InChI=1S/C29H26N8OS/c38-26(9-17-5-2-1-3-6-17)33-19-10-18(12-30-13-19)22-11-20-23(16-32-22)36-37-28(20)29-34-24-15-31-14-21(27(24)35-29)25-7-4-8-39-25/h4,7-8,10-17H,1-3,5-6,9H2,(H,33,38)(H,34,35)(H,36,37). The SMILES string of the molecule is O=C(CC1CCCCC1)Nc1cncc(-c2cc3c(-c4nc5c(-c6cccs6)cncc5[nH]4)n[nH]c3cn2)c1. The number of thiophene rings is 1. The smallest absolute Gasteiger partial charge is 0.224 e. The van der Waals surface area contributed by atoms with E-state index in [1.54, 1.807) is 36.1 Å². The molecule has 7 rings (SSSR count). The van der Waals surface area contributed by atoms with Crippen molar-refractivity contribution in [3.05, 3.63) is 60.6 Å². The van der Waals surface area contributed by atoms with E-state index in [-0.39, 0.29) is 5.91 Å². The maximum atomic E-state index is 12.7. The Bertz CT molecular complexity index is 1780. The van der Waals surface area contributed by atoms with Gasteiger partial charge >= 0.3 is 0 Å². The molecule has 9 nitrogen and oxygen atoms in total. The Balaban J connectivity index is 1.19. The predicted molar refractivity (Wildman–Crippen MR) is 153 cm³/mol. The van der Waals surface area contributed by atoms with E-state index in [2.05, 4.69) is 41.5 Å². The number of pyridine rings is 3. The number of anilines is 1. The number of fused-ring (bicyclic) bond motifs is 2. The summed E-state index contributed by atoms with van der Waals surface area (Å²) >= 11 is 1.66. The van der Waals surface area contributed by atoms with E-state index in [1.165, 1.54) is 19.3 Å². The number of rotatable bonds is 6. The van der Waals surface area contributed by atoms with Crippen LogP contribution >= 0.6 is 11.3 Å². The van der Waals surface area contributed by atoms with Crippen LogP contribution in [-0.2, 0) is 4.79 Å². The lowest BCUT2D eigenvalue weighted by molar-refractivity contribution is -0.117. The molecule has 0 radical (unpaired) electrons. The molecule has 39 heavy (non-hydrogen) atoms. The number of hydrogen-bond acceptors (Lipinski definition) is 7. The van der Waals surface area contributed by atoms with Crippen molar-refractivity contribution in [1.82, 2.24) is 35.1 Å². The summed E-state index contributed by atoms with van der Waals surface area (Å²) in [7, 11) is 0. The number of nitrogens with one attached hydrogen (secondary N) is 3. The van der Waals surface area contributed by atoms with Crippen molar-refractivity contribution in [3.63, 3.8) is 0 Å². The largest absolute Gasteiger partial charge is 0.335 e. The van der Waals surface area contributed by atoms with Crippen LogP contribution in [0.1, 0.15) is 38.5 Å². The number of H-pyrrole nitrogens is 2. The Hall–Kier alpha value is -4.44. The molecule has 0 aliphatic heterocycles.